The highest BCUT2D eigenvalue weighted by Gasteiger charge is 2.20. The Balaban J connectivity index is 1.52. The standard InChI is InChI=1S/C22H17FN2O3/c23-19-12-15(11-16(13-26)21(19)27)22(28)24-17-5-7-18(8-6-17)25-10-9-14-3-1-2-4-20(14)25/h1-8,11-13,27H,9-10H2,(H,24,28). The summed E-state index contributed by atoms with van der Waals surface area (Å²) >= 11 is 0. The Kier molecular flexibility index (Phi) is 4.53. The van der Waals surface area contributed by atoms with Crippen LogP contribution in [-0.2, 0) is 6.42 Å². The zero-order valence-electron chi connectivity index (χ0n) is 14.9. The summed E-state index contributed by atoms with van der Waals surface area (Å²) in [5.41, 5.74) is 3.73. The molecule has 140 valence electrons. The van der Waals surface area contributed by atoms with Crippen molar-refractivity contribution in [2.75, 3.05) is 16.8 Å². The summed E-state index contributed by atoms with van der Waals surface area (Å²) in [6.07, 6.45) is 1.29. The molecular formula is C22H17FN2O3. The lowest BCUT2D eigenvalue weighted by molar-refractivity contribution is 0.102. The van der Waals surface area contributed by atoms with Crippen LogP contribution in [-0.4, -0.2) is 23.8 Å². The third-order valence-electron chi connectivity index (χ3n) is 4.81. The van der Waals surface area contributed by atoms with Crippen LogP contribution in [0.25, 0.3) is 0 Å². The molecule has 0 saturated heterocycles. The number of carbonyl (C=O) groups is 2. The molecule has 0 aromatic heterocycles. The molecule has 3 aromatic rings. The van der Waals surface area contributed by atoms with E-state index in [2.05, 4.69) is 22.3 Å². The van der Waals surface area contributed by atoms with Crippen molar-refractivity contribution in [3.05, 3.63) is 83.2 Å². The van der Waals surface area contributed by atoms with Gasteiger partial charge in [-0.3, -0.25) is 9.59 Å². The number of rotatable bonds is 4. The van der Waals surface area contributed by atoms with Crippen molar-refractivity contribution in [1.82, 2.24) is 0 Å². The first kappa shape index (κ1) is 17.7. The molecule has 28 heavy (non-hydrogen) atoms. The molecule has 0 aliphatic carbocycles. The van der Waals surface area contributed by atoms with Gasteiger partial charge in [0.2, 0.25) is 0 Å². The normalized spacial score (nSPS) is 12.5. The van der Waals surface area contributed by atoms with Gasteiger partial charge in [-0.2, -0.15) is 0 Å². The SMILES string of the molecule is O=Cc1cc(C(=O)Nc2ccc(N3CCc4ccccc43)cc2)cc(F)c1O. The molecule has 0 bridgehead atoms. The summed E-state index contributed by atoms with van der Waals surface area (Å²) in [6.45, 7) is 0.895. The fourth-order valence-corrected chi connectivity index (χ4v) is 3.38. The van der Waals surface area contributed by atoms with Gasteiger partial charge in [0.25, 0.3) is 5.91 Å². The van der Waals surface area contributed by atoms with Gasteiger partial charge >= 0.3 is 0 Å². The Bertz CT molecular complexity index is 1060. The fraction of sp³-hybridized carbons (Fsp3) is 0.0909. The highest BCUT2D eigenvalue weighted by atomic mass is 19.1. The van der Waals surface area contributed by atoms with Gasteiger partial charge in [0.15, 0.2) is 17.9 Å². The molecule has 0 atom stereocenters. The first-order chi connectivity index (χ1) is 13.6. The monoisotopic (exact) mass is 376 g/mol. The van der Waals surface area contributed by atoms with Gasteiger partial charge in [-0.05, 0) is 54.4 Å². The van der Waals surface area contributed by atoms with Crippen molar-refractivity contribution in [3.63, 3.8) is 0 Å². The van der Waals surface area contributed by atoms with E-state index in [1.807, 2.05) is 24.3 Å². The van der Waals surface area contributed by atoms with Crippen LogP contribution in [0, 0.1) is 5.82 Å². The van der Waals surface area contributed by atoms with Crippen LogP contribution in [0.4, 0.5) is 21.5 Å². The quantitative estimate of drug-likeness (QED) is 0.667. The van der Waals surface area contributed by atoms with Crippen molar-refractivity contribution in [1.29, 1.82) is 0 Å². The van der Waals surface area contributed by atoms with E-state index in [4.69, 9.17) is 0 Å². The first-order valence-electron chi connectivity index (χ1n) is 8.81. The molecule has 6 heteroatoms. The second-order valence-electron chi connectivity index (χ2n) is 6.55. The van der Waals surface area contributed by atoms with Crippen LogP contribution in [0.3, 0.4) is 0 Å². The van der Waals surface area contributed by atoms with Gasteiger partial charge in [-0.1, -0.05) is 18.2 Å². The molecule has 0 fully saturated rings. The number of aldehydes is 1. The molecule has 0 radical (unpaired) electrons. The summed E-state index contributed by atoms with van der Waals surface area (Å²) in [5, 5.41) is 12.1. The molecule has 0 unspecified atom stereocenters. The minimum atomic E-state index is -1.02. The Morgan fingerprint density at radius 2 is 1.86 bits per heavy atom. The number of hydrogen-bond acceptors (Lipinski definition) is 4. The van der Waals surface area contributed by atoms with E-state index >= 15 is 0 Å². The third kappa shape index (κ3) is 3.20. The van der Waals surface area contributed by atoms with E-state index in [0.29, 0.717) is 12.0 Å². The topological polar surface area (TPSA) is 69.6 Å². The molecular weight excluding hydrogens is 359 g/mol. The predicted molar refractivity (Wildman–Crippen MR) is 105 cm³/mol. The Hall–Kier alpha value is -3.67. The van der Waals surface area contributed by atoms with Gasteiger partial charge < -0.3 is 15.3 Å². The smallest absolute Gasteiger partial charge is 0.255 e. The van der Waals surface area contributed by atoms with E-state index in [9.17, 15) is 19.1 Å². The number of hydrogen-bond donors (Lipinski definition) is 2. The second-order valence-corrected chi connectivity index (χ2v) is 6.55. The van der Waals surface area contributed by atoms with Crippen LogP contribution in [0.1, 0.15) is 26.3 Å². The zero-order valence-corrected chi connectivity index (χ0v) is 14.9. The Labute approximate surface area is 161 Å². The lowest BCUT2D eigenvalue weighted by Crippen LogP contribution is -2.14. The molecule has 1 aliphatic rings. The summed E-state index contributed by atoms with van der Waals surface area (Å²) in [6, 6.07) is 17.6. The molecule has 0 saturated carbocycles. The maximum atomic E-state index is 13.7. The van der Waals surface area contributed by atoms with E-state index in [-0.39, 0.29) is 11.1 Å². The number of halogens is 1. The minimum absolute atomic E-state index is 0.0463. The highest BCUT2D eigenvalue weighted by Crippen LogP contribution is 2.34. The van der Waals surface area contributed by atoms with Gasteiger partial charge in [0.1, 0.15) is 0 Å². The lowest BCUT2D eigenvalue weighted by Gasteiger charge is -2.20. The lowest BCUT2D eigenvalue weighted by atomic mass is 10.1. The van der Waals surface area contributed by atoms with Gasteiger partial charge in [-0.15, -0.1) is 0 Å². The summed E-state index contributed by atoms with van der Waals surface area (Å²) in [4.78, 5) is 25.5. The second kappa shape index (κ2) is 7.15. The Morgan fingerprint density at radius 3 is 2.61 bits per heavy atom. The number of anilines is 3. The van der Waals surface area contributed by atoms with Crippen LogP contribution < -0.4 is 10.2 Å². The average molecular weight is 376 g/mol. The summed E-state index contributed by atoms with van der Waals surface area (Å²) in [5.74, 6) is -2.35. The molecule has 1 aliphatic heterocycles. The number of benzene rings is 3. The van der Waals surface area contributed by atoms with E-state index < -0.39 is 17.5 Å². The van der Waals surface area contributed by atoms with Crippen LogP contribution in [0.15, 0.2) is 60.7 Å². The van der Waals surface area contributed by atoms with Crippen LogP contribution in [0.5, 0.6) is 5.75 Å². The number of phenols is 1. The average Bonchev–Trinajstić information content (AvgIpc) is 3.14. The molecule has 4 rings (SSSR count). The van der Waals surface area contributed by atoms with Crippen molar-refractivity contribution in [2.45, 2.75) is 6.42 Å². The molecule has 3 aromatic carbocycles. The molecule has 0 spiro atoms. The predicted octanol–water partition coefficient (Wildman–Crippen LogP) is 4.29. The summed E-state index contributed by atoms with van der Waals surface area (Å²) < 4.78 is 13.7. The van der Waals surface area contributed by atoms with Gasteiger partial charge in [0.05, 0.1) is 5.56 Å². The van der Waals surface area contributed by atoms with Crippen LogP contribution in [0.2, 0.25) is 0 Å². The van der Waals surface area contributed by atoms with E-state index in [1.54, 1.807) is 12.1 Å². The van der Waals surface area contributed by atoms with Crippen molar-refractivity contribution in [3.8, 4) is 5.75 Å². The third-order valence-corrected chi connectivity index (χ3v) is 4.81. The number of carbonyl (C=O) groups excluding carboxylic acids is 2. The van der Waals surface area contributed by atoms with E-state index in [1.165, 1.54) is 11.3 Å². The number of para-hydroxylation sites is 1. The number of nitrogens with one attached hydrogen (secondary N) is 1. The number of amides is 1. The molecule has 2 N–H and O–H groups in total. The summed E-state index contributed by atoms with van der Waals surface area (Å²) in [7, 11) is 0. The number of phenolic OH excluding ortho intramolecular Hbond substituents is 1. The Morgan fingerprint density at radius 1 is 1.11 bits per heavy atom. The molecule has 1 amide bonds. The minimum Gasteiger partial charge on any atom is -0.504 e. The van der Waals surface area contributed by atoms with Crippen molar-refractivity contribution in [2.24, 2.45) is 0 Å². The first-order valence-corrected chi connectivity index (χ1v) is 8.81. The van der Waals surface area contributed by atoms with Crippen molar-refractivity contribution < 1.29 is 19.1 Å². The van der Waals surface area contributed by atoms with Crippen LogP contribution >= 0.6 is 0 Å². The van der Waals surface area contributed by atoms with E-state index in [0.717, 1.165) is 30.8 Å². The van der Waals surface area contributed by atoms with Gasteiger partial charge in [0, 0.05) is 29.2 Å². The largest absolute Gasteiger partial charge is 0.504 e. The van der Waals surface area contributed by atoms with Crippen molar-refractivity contribution >= 4 is 29.3 Å². The maximum Gasteiger partial charge on any atom is 0.255 e. The molecule has 1 heterocycles. The zero-order chi connectivity index (χ0) is 19.7. The molecule has 5 nitrogen and oxygen atoms in total. The van der Waals surface area contributed by atoms with Gasteiger partial charge in [-0.25, -0.2) is 4.39 Å². The number of fused-ring (bicyclic) bond motifs is 1. The number of nitrogens with zero attached hydrogens (tertiary/aromatic N) is 1. The fourth-order valence-electron chi connectivity index (χ4n) is 3.38. The maximum absolute atomic E-state index is 13.7. The highest BCUT2D eigenvalue weighted by molar-refractivity contribution is 6.05. The number of aromatic hydroxyl groups is 1.